The predicted molar refractivity (Wildman–Crippen MR) is 111 cm³/mol. The van der Waals surface area contributed by atoms with Crippen LogP contribution in [0.2, 0.25) is 0 Å². The van der Waals surface area contributed by atoms with Crippen molar-refractivity contribution in [3.05, 3.63) is 46.4 Å². The van der Waals surface area contributed by atoms with E-state index in [1.54, 1.807) is 29.8 Å². The SMILES string of the molecule is CC(C)Oc1ccc(C(N)=O)cc1Nc1nc2c(ccc3c2[nH]c(=O)n3C)s1. The fourth-order valence-electron chi connectivity index (χ4n) is 2.99. The lowest BCUT2D eigenvalue weighted by molar-refractivity contribution is 0.100. The number of rotatable bonds is 5. The van der Waals surface area contributed by atoms with E-state index in [-0.39, 0.29) is 11.8 Å². The van der Waals surface area contributed by atoms with E-state index in [9.17, 15) is 9.59 Å². The minimum atomic E-state index is -0.521. The molecule has 4 rings (SSSR count). The van der Waals surface area contributed by atoms with Crippen molar-refractivity contribution in [1.82, 2.24) is 14.5 Å². The first-order chi connectivity index (χ1) is 13.3. The largest absolute Gasteiger partial charge is 0.489 e. The van der Waals surface area contributed by atoms with E-state index in [1.165, 1.54) is 11.3 Å². The number of nitrogens with two attached hydrogens (primary N) is 1. The van der Waals surface area contributed by atoms with E-state index in [4.69, 9.17) is 10.5 Å². The van der Waals surface area contributed by atoms with E-state index in [1.807, 2.05) is 26.0 Å². The minimum Gasteiger partial charge on any atom is -0.489 e. The Kier molecular flexibility index (Phi) is 4.31. The van der Waals surface area contributed by atoms with Crippen LogP contribution in [0.25, 0.3) is 21.3 Å². The molecule has 144 valence electrons. The van der Waals surface area contributed by atoms with Gasteiger partial charge in [-0.25, -0.2) is 9.78 Å². The smallest absolute Gasteiger partial charge is 0.326 e. The number of aryl methyl sites for hydroxylation is 1. The molecule has 1 amide bonds. The van der Waals surface area contributed by atoms with Gasteiger partial charge in [0.05, 0.1) is 27.5 Å². The fourth-order valence-corrected chi connectivity index (χ4v) is 3.88. The van der Waals surface area contributed by atoms with Crippen LogP contribution in [0.5, 0.6) is 5.75 Å². The highest BCUT2D eigenvalue weighted by Gasteiger charge is 2.15. The number of carbonyl (C=O) groups is 1. The maximum atomic E-state index is 11.9. The minimum absolute atomic E-state index is 0.0376. The van der Waals surface area contributed by atoms with Gasteiger partial charge >= 0.3 is 5.69 Å². The molecule has 4 aromatic rings. The van der Waals surface area contributed by atoms with Crippen LogP contribution in [-0.4, -0.2) is 26.5 Å². The molecule has 28 heavy (non-hydrogen) atoms. The van der Waals surface area contributed by atoms with Gasteiger partial charge in [0.25, 0.3) is 0 Å². The van der Waals surface area contributed by atoms with Crippen LogP contribution in [0.1, 0.15) is 24.2 Å². The standard InChI is InChI=1S/C19H19N5O3S/c1-9(2)27-13-6-4-10(17(20)25)8-11(13)21-18-22-16-14(28-18)7-5-12-15(16)23-19(26)24(12)3/h4-9H,1-3H3,(H2,20,25)(H,21,22)(H,23,26). The Morgan fingerprint density at radius 1 is 1.32 bits per heavy atom. The maximum absolute atomic E-state index is 11.9. The number of carbonyl (C=O) groups excluding carboxylic acids is 1. The van der Waals surface area contributed by atoms with Crippen LogP contribution < -0.4 is 21.5 Å². The second-order valence-electron chi connectivity index (χ2n) is 6.68. The molecule has 8 nitrogen and oxygen atoms in total. The van der Waals surface area contributed by atoms with Crippen LogP contribution in [-0.2, 0) is 7.05 Å². The summed E-state index contributed by atoms with van der Waals surface area (Å²) in [5, 5.41) is 3.84. The third-order valence-corrected chi connectivity index (χ3v) is 5.24. The molecule has 0 saturated heterocycles. The molecule has 9 heteroatoms. The van der Waals surface area contributed by atoms with Crippen LogP contribution in [0, 0.1) is 0 Å². The van der Waals surface area contributed by atoms with Gasteiger partial charge in [0.15, 0.2) is 5.13 Å². The lowest BCUT2D eigenvalue weighted by Gasteiger charge is -2.15. The summed E-state index contributed by atoms with van der Waals surface area (Å²) in [6.45, 7) is 3.85. The van der Waals surface area contributed by atoms with E-state index in [0.29, 0.717) is 33.2 Å². The number of fused-ring (bicyclic) bond motifs is 3. The number of ether oxygens (including phenoxy) is 1. The quantitative estimate of drug-likeness (QED) is 0.479. The van der Waals surface area contributed by atoms with Crippen molar-refractivity contribution >= 4 is 49.3 Å². The highest BCUT2D eigenvalue weighted by molar-refractivity contribution is 7.22. The van der Waals surface area contributed by atoms with Crippen LogP contribution in [0.4, 0.5) is 10.8 Å². The highest BCUT2D eigenvalue weighted by atomic mass is 32.1. The molecule has 0 radical (unpaired) electrons. The topological polar surface area (TPSA) is 115 Å². The van der Waals surface area contributed by atoms with E-state index >= 15 is 0 Å². The number of benzene rings is 2. The Bertz CT molecular complexity index is 1270. The van der Waals surface area contributed by atoms with Crippen molar-refractivity contribution in [2.24, 2.45) is 12.8 Å². The molecule has 0 atom stereocenters. The summed E-state index contributed by atoms with van der Waals surface area (Å²) in [5.41, 5.74) is 8.38. The normalized spacial score (nSPS) is 11.4. The summed E-state index contributed by atoms with van der Waals surface area (Å²) in [6.07, 6.45) is -0.0376. The summed E-state index contributed by atoms with van der Waals surface area (Å²) >= 11 is 1.44. The number of aromatic amines is 1. The Morgan fingerprint density at radius 3 is 2.82 bits per heavy atom. The fraction of sp³-hybridized carbons (Fsp3) is 0.211. The van der Waals surface area contributed by atoms with Gasteiger partial charge in [-0.3, -0.25) is 9.36 Å². The molecule has 0 aliphatic rings. The first-order valence-corrected chi connectivity index (χ1v) is 9.51. The average molecular weight is 397 g/mol. The zero-order chi connectivity index (χ0) is 20.0. The summed E-state index contributed by atoms with van der Waals surface area (Å²) in [4.78, 5) is 31.0. The molecule has 2 aromatic carbocycles. The molecule has 0 spiro atoms. The van der Waals surface area contributed by atoms with E-state index in [2.05, 4.69) is 15.3 Å². The van der Waals surface area contributed by atoms with Crippen LogP contribution in [0.15, 0.2) is 35.1 Å². The van der Waals surface area contributed by atoms with Gasteiger partial charge in [0.1, 0.15) is 11.3 Å². The molecule has 0 aliphatic carbocycles. The number of anilines is 2. The van der Waals surface area contributed by atoms with Crippen molar-refractivity contribution in [2.45, 2.75) is 20.0 Å². The Hall–Kier alpha value is -3.33. The van der Waals surface area contributed by atoms with Gasteiger partial charge in [-0.2, -0.15) is 0 Å². The Labute approximate surface area is 164 Å². The van der Waals surface area contributed by atoms with Gasteiger partial charge in [0, 0.05) is 12.6 Å². The number of imidazole rings is 1. The summed E-state index contributed by atoms with van der Waals surface area (Å²) < 4.78 is 8.30. The maximum Gasteiger partial charge on any atom is 0.326 e. The van der Waals surface area contributed by atoms with Crippen LogP contribution >= 0.6 is 11.3 Å². The van der Waals surface area contributed by atoms with Crippen LogP contribution in [0.3, 0.4) is 0 Å². The van der Waals surface area contributed by atoms with Crippen molar-refractivity contribution in [3.63, 3.8) is 0 Å². The molecule has 2 aromatic heterocycles. The molecule has 0 bridgehead atoms. The average Bonchev–Trinajstić information content (AvgIpc) is 3.17. The number of nitrogens with zero attached hydrogens (tertiary/aromatic N) is 2. The molecule has 0 unspecified atom stereocenters. The van der Waals surface area contributed by atoms with Gasteiger partial charge in [-0.1, -0.05) is 11.3 Å². The number of hydrogen-bond acceptors (Lipinski definition) is 6. The molecular formula is C19H19N5O3S. The van der Waals surface area contributed by atoms with Crippen molar-refractivity contribution in [3.8, 4) is 5.75 Å². The Balaban J connectivity index is 1.80. The number of nitrogens with one attached hydrogen (secondary N) is 2. The number of aromatic nitrogens is 3. The molecule has 0 aliphatic heterocycles. The molecule has 2 heterocycles. The van der Waals surface area contributed by atoms with E-state index < -0.39 is 5.91 Å². The number of H-pyrrole nitrogens is 1. The van der Waals surface area contributed by atoms with Crippen molar-refractivity contribution in [1.29, 1.82) is 0 Å². The lowest BCUT2D eigenvalue weighted by atomic mass is 10.1. The number of primary amides is 1. The summed E-state index contributed by atoms with van der Waals surface area (Å²) in [7, 11) is 1.71. The second-order valence-corrected chi connectivity index (χ2v) is 7.71. The number of thiazole rings is 1. The lowest BCUT2D eigenvalue weighted by Crippen LogP contribution is -2.12. The van der Waals surface area contributed by atoms with Gasteiger partial charge in [-0.15, -0.1) is 0 Å². The first kappa shape index (κ1) is 18.1. The second kappa shape index (κ2) is 6.68. The molecular weight excluding hydrogens is 378 g/mol. The molecule has 4 N–H and O–H groups in total. The predicted octanol–water partition coefficient (Wildman–Crippen LogP) is 3.11. The first-order valence-electron chi connectivity index (χ1n) is 8.69. The zero-order valence-corrected chi connectivity index (χ0v) is 16.4. The van der Waals surface area contributed by atoms with Crippen molar-refractivity contribution < 1.29 is 9.53 Å². The summed E-state index contributed by atoms with van der Waals surface area (Å²) in [5.74, 6) is 0.0736. The third kappa shape index (κ3) is 3.09. The molecule has 0 saturated carbocycles. The Morgan fingerprint density at radius 2 is 2.11 bits per heavy atom. The van der Waals surface area contributed by atoms with E-state index in [0.717, 1.165) is 10.2 Å². The van der Waals surface area contributed by atoms with Gasteiger partial charge in [-0.05, 0) is 44.2 Å². The number of hydrogen-bond donors (Lipinski definition) is 3. The zero-order valence-electron chi connectivity index (χ0n) is 15.6. The number of amides is 1. The third-order valence-electron chi connectivity index (χ3n) is 4.31. The van der Waals surface area contributed by atoms with Gasteiger partial charge < -0.3 is 20.8 Å². The molecule has 0 fully saturated rings. The van der Waals surface area contributed by atoms with Crippen molar-refractivity contribution in [2.75, 3.05) is 5.32 Å². The highest BCUT2D eigenvalue weighted by Crippen LogP contribution is 2.35. The monoisotopic (exact) mass is 397 g/mol. The van der Waals surface area contributed by atoms with Gasteiger partial charge in [0.2, 0.25) is 5.91 Å². The summed E-state index contributed by atoms with van der Waals surface area (Å²) in [6, 6.07) is 8.80.